The van der Waals surface area contributed by atoms with Gasteiger partial charge in [0.05, 0.1) is 19.8 Å². The Morgan fingerprint density at radius 1 is 1.10 bits per heavy atom. The summed E-state index contributed by atoms with van der Waals surface area (Å²) in [4.78, 5) is 4.39. The van der Waals surface area contributed by atoms with E-state index in [4.69, 9.17) is 0 Å². The zero-order valence-corrected chi connectivity index (χ0v) is 7.39. The summed E-state index contributed by atoms with van der Waals surface area (Å²) < 4.78 is 0.839. The molecule has 1 rings (SSSR count). The molecule has 1 aliphatic rings. The smallest absolute Gasteiger partial charge is 0.204 e. The van der Waals surface area contributed by atoms with Crippen LogP contribution in [0.5, 0.6) is 0 Å². The maximum atomic E-state index is 4.39. The Hall–Kier alpha value is -0.630. The molecule has 0 N–H and O–H groups in total. The Kier molecular flexibility index (Phi) is 1.44. The van der Waals surface area contributed by atoms with Gasteiger partial charge in [0.15, 0.2) is 0 Å². The first-order valence-electron chi connectivity index (χ1n) is 3.54. The molecular formula is C8H15N2+. The zero-order valence-electron chi connectivity index (χ0n) is 7.39. The lowest BCUT2D eigenvalue weighted by Gasteiger charge is -2.23. The molecule has 2 heteroatoms. The third-order valence-corrected chi connectivity index (χ3v) is 2.50. The molecule has 2 nitrogen and oxygen atoms in total. The SMILES string of the molecule is CC1=NC(C)=C(C)[N+]1(C)C. The van der Waals surface area contributed by atoms with Crippen molar-refractivity contribution in [1.29, 1.82) is 0 Å². The summed E-state index contributed by atoms with van der Waals surface area (Å²) in [5.74, 6) is 1.18. The summed E-state index contributed by atoms with van der Waals surface area (Å²) in [5.41, 5.74) is 2.51. The Morgan fingerprint density at radius 3 is 1.70 bits per heavy atom. The van der Waals surface area contributed by atoms with E-state index in [1.165, 1.54) is 17.2 Å². The zero-order chi connectivity index (χ0) is 7.94. The maximum Gasteiger partial charge on any atom is 0.204 e. The molecule has 0 saturated carbocycles. The predicted molar refractivity (Wildman–Crippen MR) is 43.6 cm³/mol. The van der Waals surface area contributed by atoms with Crippen molar-refractivity contribution < 1.29 is 4.48 Å². The normalized spacial score (nSPS) is 23.5. The van der Waals surface area contributed by atoms with Crippen LogP contribution < -0.4 is 0 Å². The summed E-state index contributed by atoms with van der Waals surface area (Å²) in [6.07, 6.45) is 0. The minimum atomic E-state index is 0.839. The molecule has 0 aromatic rings. The van der Waals surface area contributed by atoms with Crippen LogP contribution in [0.3, 0.4) is 0 Å². The highest BCUT2D eigenvalue weighted by molar-refractivity contribution is 5.76. The molecule has 0 aliphatic carbocycles. The van der Waals surface area contributed by atoms with Crippen molar-refractivity contribution in [2.45, 2.75) is 20.8 Å². The molecule has 0 atom stereocenters. The third kappa shape index (κ3) is 0.797. The molecule has 56 valence electrons. The van der Waals surface area contributed by atoms with E-state index < -0.39 is 0 Å². The Morgan fingerprint density at radius 2 is 1.60 bits per heavy atom. The maximum absolute atomic E-state index is 4.39. The minimum absolute atomic E-state index is 0.839. The number of aliphatic imine (C=N–C) groups is 1. The molecule has 0 saturated heterocycles. The van der Waals surface area contributed by atoms with E-state index in [-0.39, 0.29) is 0 Å². The van der Waals surface area contributed by atoms with Crippen LogP contribution in [0.4, 0.5) is 0 Å². The molecule has 0 amide bonds. The number of allylic oxidation sites excluding steroid dienone is 2. The first-order valence-corrected chi connectivity index (χ1v) is 3.54. The molecule has 0 spiro atoms. The van der Waals surface area contributed by atoms with Crippen LogP contribution in [0.1, 0.15) is 20.8 Å². The van der Waals surface area contributed by atoms with Gasteiger partial charge < -0.3 is 0 Å². The number of hydrogen-bond acceptors (Lipinski definition) is 1. The van der Waals surface area contributed by atoms with Gasteiger partial charge in [0.25, 0.3) is 0 Å². The van der Waals surface area contributed by atoms with E-state index in [2.05, 4.69) is 39.9 Å². The van der Waals surface area contributed by atoms with Crippen LogP contribution in [0.15, 0.2) is 16.4 Å². The van der Waals surface area contributed by atoms with Crippen LogP contribution in [0.2, 0.25) is 0 Å². The molecule has 1 aliphatic heterocycles. The van der Waals surface area contributed by atoms with Gasteiger partial charge in [0.2, 0.25) is 5.84 Å². The number of quaternary nitrogens is 1. The fourth-order valence-corrected chi connectivity index (χ4v) is 1.10. The number of nitrogens with zero attached hydrogens (tertiary/aromatic N) is 2. The first kappa shape index (κ1) is 7.48. The van der Waals surface area contributed by atoms with Gasteiger partial charge in [-0.3, -0.25) is 4.48 Å². The van der Waals surface area contributed by atoms with Crippen LogP contribution in [0, 0.1) is 0 Å². The highest BCUT2D eigenvalue weighted by atomic mass is 15.4. The van der Waals surface area contributed by atoms with E-state index in [0.29, 0.717) is 0 Å². The lowest BCUT2D eigenvalue weighted by atomic mass is 10.3. The van der Waals surface area contributed by atoms with Gasteiger partial charge in [0.1, 0.15) is 5.70 Å². The molecule has 0 fully saturated rings. The Labute approximate surface area is 62.5 Å². The van der Waals surface area contributed by atoms with Gasteiger partial charge in [-0.25, -0.2) is 0 Å². The fraction of sp³-hybridized carbons (Fsp3) is 0.625. The first-order chi connectivity index (χ1) is 4.46. The Balaban J connectivity index is 3.11. The Bertz CT molecular complexity index is 221. The second-order valence-electron chi connectivity index (χ2n) is 3.28. The monoisotopic (exact) mass is 139 g/mol. The van der Waals surface area contributed by atoms with Crippen molar-refractivity contribution in [1.82, 2.24) is 0 Å². The molecular weight excluding hydrogens is 124 g/mol. The lowest BCUT2D eigenvalue weighted by Crippen LogP contribution is -2.39. The molecule has 0 bridgehead atoms. The summed E-state index contributed by atoms with van der Waals surface area (Å²) in [6, 6.07) is 0. The number of rotatable bonds is 0. The third-order valence-electron chi connectivity index (χ3n) is 2.50. The standard InChI is InChI=1S/C8H15N2/c1-6-7(2)10(4,5)8(3)9-6/h1-5H3/q+1. The topological polar surface area (TPSA) is 12.4 Å². The van der Waals surface area contributed by atoms with Crippen LogP contribution in [-0.2, 0) is 0 Å². The van der Waals surface area contributed by atoms with E-state index in [1.807, 2.05) is 0 Å². The molecule has 0 aromatic heterocycles. The molecule has 0 aromatic carbocycles. The summed E-state index contributed by atoms with van der Waals surface area (Å²) >= 11 is 0. The van der Waals surface area contributed by atoms with Gasteiger partial charge in [0, 0.05) is 13.8 Å². The van der Waals surface area contributed by atoms with Crippen molar-refractivity contribution in [3.05, 3.63) is 11.4 Å². The average Bonchev–Trinajstić information content (AvgIpc) is 1.97. The largest absolute Gasteiger partial charge is 0.253 e. The number of hydrogen-bond donors (Lipinski definition) is 0. The van der Waals surface area contributed by atoms with E-state index in [9.17, 15) is 0 Å². The van der Waals surface area contributed by atoms with Crippen molar-refractivity contribution in [2.75, 3.05) is 14.1 Å². The molecule has 0 radical (unpaired) electrons. The molecule has 10 heavy (non-hydrogen) atoms. The van der Waals surface area contributed by atoms with Gasteiger partial charge in [-0.2, -0.15) is 4.99 Å². The van der Waals surface area contributed by atoms with Gasteiger partial charge in [-0.1, -0.05) is 0 Å². The van der Waals surface area contributed by atoms with Crippen LogP contribution in [-0.4, -0.2) is 24.4 Å². The van der Waals surface area contributed by atoms with Gasteiger partial charge in [-0.15, -0.1) is 0 Å². The lowest BCUT2D eigenvalue weighted by molar-refractivity contribution is -0.755. The van der Waals surface area contributed by atoms with Gasteiger partial charge >= 0.3 is 0 Å². The minimum Gasteiger partial charge on any atom is -0.253 e. The highest BCUT2D eigenvalue weighted by Gasteiger charge is 2.30. The highest BCUT2D eigenvalue weighted by Crippen LogP contribution is 2.23. The molecule has 0 unspecified atom stereocenters. The van der Waals surface area contributed by atoms with Crippen LogP contribution >= 0.6 is 0 Å². The fourth-order valence-electron chi connectivity index (χ4n) is 1.10. The van der Waals surface area contributed by atoms with E-state index in [0.717, 1.165) is 4.48 Å². The molecule has 1 heterocycles. The quantitative estimate of drug-likeness (QED) is 0.453. The predicted octanol–water partition coefficient (Wildman–Crippen LogP) is 1.75. The van der Waals surface area contributed by atoms with Crippen LogP contribution in [0.25, 0.3) is 0 Å². The summed E-state index contributed by atoms with van der Waals surface area (Å²) in [5, 5.41) is 0. The summed E-state index contributed by atoms with van der Waals surface area (Å²) in [7, 11) is 4.31. The van der Waals surface area contributed by atoms with Crippen molar-refractivity contribution in [2.24, 2.45) is 4.99 Å². The van der Waals surface area contributed by atoms with Crippen molar-refractivity contribution >= 4 is 5.84 Å². The van der Waals surface area contributed by atoms with Crippen molar-refractivity contribution in [3.8, 4) is 0 Å². The second kappa shape index (κ2) is 1.92. The summed E-state index contributed by atoms with van der Waals surface area (Å²) in [6.45, 7) is 6.27. The average molecular weight is 139 g/mol. The number of amidine groups is 1. The second-order valence-corrected chi connectivity index (χ2v) is 3.28. The van der Waals surface area contributed by atoms with Gasteiger partial charge in [-0.05, 0) is 6.92 Å². The van der Waals surface area contributed by atoms with Crippen molar-refractivity contribution in [3.63, 3.8) is 0 Å². The van der Waals surface area contributed by atoms with E-state index >= 15 is 0 Å². The van der Waals surface area contributed by atoms with E-state index in [1.54, 1.807) is 0 Å².